The van der Waals surface area contributed by atoms with Gasteiger partial charge in [0.25, 0.3) is 0 Å². The van der Waals surface area contributed by atoms with Crippen molar-refractivity contribution in [2.75, 3.05) is 5.32 Å². The normalized spacial score (nSPS) is 13.6. The van der Waals surface area contributed by atoms with E-state index in [1.54, 1.807) is 10.6 Å². The second-order valence-electron chi connectivity index (χ2n) is 7.40. The molecule has 0 aliphatic heterocycles. The van der Waals surface area contributed by atoms with E-state index in [-0.39, 0.29) is 12.3 Å². The number of para-hydroxylation sites is 2. The molecule has 9 nitrogen and oxygen atoms in total. The average Bonchev–Trinajstić information content (AvgIpc) is 3.38. The minimum atomic E-state index is -0.405. The Morgan fingerprint density at radius 1 is 1.17 bits per heavy atom. The lowest BCUT2D eigenvalue weighted by Crippen LogP contribution is -2.17. The van der Waals surface area contributed by atoms with Gasteiger partial charge in [0.05, 0.1) is 11.6 Å². The number of aryl methyl sites for hydroxylation is 1. The number of oxazole rings is 1. The maximum Gasteiger partial charge on any atom is 0.419 e. The summed E-state index contributed by atoms with van der Waals surface area (Å²) in [5.41, 5.74) is 2.84. The van der Waals surface area contributed by atoms with Crippen LogP contribution in [0.3, 0.4) is 0 Å². The summed E-state index contributed by atoms with van der Waals surface area (Å²) < 4.78 is 8.62. The Kier molecular flexibility index (Phi) is 4.62. The van der Waals surface area contributed by atoms with Crippen molar-refractivity contribution < 1.29 is 9.21 Å². The number of amides is 1. The zero-order valence-electron chi connectivity index (χ0n) is 16.2. The number of fused-ring (bicyclic) bond motifs is 1. The third-order valence-electron chi connectivity index (χ3n) is 5.15. The second-order valence-corrected chi connectivity index (χ2v) is 7.40. The van der Waals surface area contributed by atoms with E-state index in [0.29, 0.717) is 36.1 Å². The summed E-state index contributed by atoms with van der Waals surface area (Å²) in [6.45, 7) is 0.416. The van der Waals surface area contributed by atoms with Gasteiger partial charge in [0.15, 0.2) is 11.4 Å². The quantitative estimate of drug-likeness (QED) is 0.507. The minimum Gasteiger partial charge on any atom is -0.408 e. The number of nitrogens with one attached hydrogen (secondary N) is 1. The topological polar surface area (TPSA) is 108 Å². The van der Waals surface area contributed by atoms with Crippen molar-refractivity contribution in [2.24, 2.45) is 0 Å². The number of nitrogens with zero attached hydrogens (tertiary/aromatic N) is 5. The number of carbonyl (C=O) groups excluding carboxylic acids is 1. The number of hydrogen-bond acceptors (Lipinski definition) is 6. The van der Waals surface area contributed by atoms with Crippen LogP contribution in [-0.4, -0.2) is 30.7 Å². The van der Waals surface area contributed by atoms with Crippen LogP contribution >= 0.6 is 0 Å². The molecule has 1 aliphatic rings. The number of aromatic nitrogens is 5. The molecular formula is C21H20N6O3. The largest absolute Gasteiger partial charge is 0.419 e. The van der Waals surface area contributed by atoms with Crippen LogP contribution in [0.4, 0.5) is 5.69 Å². The second kappa shape index (κ2) is 7.58. The monoisotopic (exact) mass is 404 g/mol. The highest BCUT2D eigenvalue weighted by Gasteiger charge is 2.28. The van der Waals surface area contributed by atoms with Gasteiger partial charge in [-0.1, -0.05) is 24.3 Å². The Balaban J connectivity index is 1.22. The molecule has 1 aliphatic carbocycles. The molecule has 9 heteroatoms. The number of hydrogen-bond donors (Lipinski definition) is 1. The third kappa shape index (κ3) is 3.61. The first-order chi connectivity index (χ1) is 14.7. The minimum absolute atomic E-state index is 0.116. The first-order valence-electron chi connectivity index (χ1n) is 9.95. The summed E-state index contributed by atoms with van der Waals surface area (Å²) in [6.07, 6.45) is 2.98. The van der Waals surface area contributed by atoms with E-state index in [1.807, 2.05) is 47.1 Å². The Bertz CT molecular complexity index is 1270. The first kappa shape index (κ1) is 18.3. The highest BCUT2D eigenvalue weighted by Crippen LogP contribution is 2.36. The van der Waals surface area contributed by atoms with E-state index >= 15 is 0 Å². The van der Waals surface area contributed by atoms with Crippen LogP contribution in [0, 0.1) is 0 Å². The van der Waals surface area contributed by atoms with Crippen LogP contribution in [0.5, 0.6) is 0 Å². The molecule has 2 aromatic heterocycles. The van der Waals surface area contributed by atoms with Gasteiger partial charge < -0.3 is 9.73 Å². The fraction of sp³-hybridized carbons (Fsp3) is 0.286. The summed E-state index contributed by atoms with van der Waals surface area (Å²) in [5.74, 6) is 0.187. The van der Waals surface area contributed by atoms with E-state index < -0.39 is 5.76 Å². The van der Waals surface area contributed by atoms with E-state index in [4.69, 9.17) is 4.42 Å². The van der Waals surface area contributed by atoms with Crippen LogP contribution in [0.25, 0.3) is 22.5 Å². The molecule has 0 bridgehead atoms. The van der Waals surface area contributed by atoms with Crippen molar-refractivity contribution in [3.8, 4) is 11.4 Å². The van der Waals surface area contributed by atoms with Crippen LogP contribution in [0.1, 0.15) is 31.7 Å². The molecule has 1 saturated carbocycles. The van der Waals surface area contributed by atoms with Crippen LogP contribution in [0.15, 0.2) is 57.7 Å². The molecule has 5 rings (SSSR count). The van der Waals surface area contributed by atoms with E-state index in [9.17, 15) is 9.59 Å². The zero-order chi connectivity index (χ0) is 20.5. The van der Waals surface area contributed by atoms with Gasteiger partial charge >= 0.3 is 5.76 Å². The Hall–Kier alpha value is -3.75. The summed E-state index contributed by atoms with van der Waals surface area (Å²) in [5, 5.41) is 14.9. The van der Waals surface area contributed by atoms with E-state index in [0.717, 1.165) is 23.9 Å². The van der Waals surface area contributed by atoms with Crippen molar-refractivity contribution in [1.29, 1.82) is 0 Å². The van der Waals surface area contributed by atoms with Gasteiger partial charge in [0.2, 0.25) is 5.91 Å². The summed E-state index contributed by atoms with van der Waals surface area (Å²) in [6, 6.07) is 15.1. The number of rotatable bonds is 7. The summed E-state index contributed by atoms with van der Waals surface area (Å²) in [4.78, 5) is 24.4. The molecule has 2 heterocycles. The van der Waals surface area contributed by atoms with Crippen LogP contribution in [0.2, 0.25) is 0 Å². The Morgan fingerprint density at radius 2 is 2.03 bits per heavy atom. The number of tetrazole rings is 1. The molecular weight excluding hydrogens is 384 g/mol. The predicted octanol–water partition coefficient (Wildman–Crippen LogP) is 3.00. The van der Waals surface area contributed by atoms with Gasteiger partial charge in [-0.25, -0.2) is 9.48 Å². The standard InChI is InChI=1S/C21H20N6O3/c28-19(9-4-12-26-17-7-1-2-8-18(17)30-21(26)29)22-15-6-3-5-14(13-15)20-23-24-25-27(20)16-10-11-16/h1-3,5-8,13,16H,4,9-12H2,(H,22,28). The smallest absolute Gasteiger partial charge is 0.408 e. The molecule has 30 heavy (non-hydrogen) atoms. The zero-order valence-corrected chi connectivity index (χ0v) is 16.2. The fourth-order valence-corrected chi connectivity index (χ4v) is 3.53. The van der Waals surface area contributed by atoms with Gasteiger partial charge in [-0.2, -0.15) is 0 Å². The van der Waals surface area contributed by atoms with Crippen molar-refractivity contribution >= 4 is 22.7 Å². The molecule has 1 N–H and O–H groups in total. The van der Waals surface area contributed by atoms with Crippen molar-refractivity contribution in [3.63, 3.8) is 0 Å². The molecule has 4 aromatic rings. The number of anilines is 1. The van der Waals surface area contributed by atoms with Gasteiger partial charge in [0.1, 0.15) is 0 Å². The Morgan fingerprint density at radius 3 is 2.90 bits per heavy atom. The maximum atomic E-state index is 12.4. The maximum absolute atomic E-state index is 12.4. The molecule has 152 valence electrons. The highest BCUT2D eigenvalue weighted by atomic mass is 16.4. The van der Waals surface area contributed by atoms with Crippen molar-refractivity contribution in [1.82, 2.24) is 24.8 Å². The number of benzene rings is 2. The van der Waals surface area contributed by atoms with Crippen LogP contribution in [-0.2, 0) is 11.3 Å². The molecule has 0 unspecified atom stereocenters. The predicted molar refractivity (Wildman–Crippen MR) is 110 cm³/mol. The molecule has 1 fully saturated rings. The first-order valence-corrected chi connectivity index (χ1v) is 9.95. The summed E-state index contributed by atoms with van der Waals surface area (Å²) in [7, 11) is 0. The molecule has 0 radical (unpaired) electrons. The Labute approximate surface area is 171 Å². The molecule has 2 aromatic carbocycles. The van der Waals surface area contributed by atoms with Crippen molar-refractivity contribution in [2.45, 2.75) is 38.3 Å². The SMILES string of the molecule is O=C(CCCn1c(=O)oc2ccccc21)Nc1cccc(-c2nnnn2C2CC2)c1. The summed E-state index contributed by atoms with van der Waals surface area (Å²) >= 11 is 0. The lowest BCUT2D eigenvalue weighted by Gasteiger charge is -2.08. The van der Waals surface area contributed by atoms with E-state index in [2.05, 4.69) is 20.8 Å². The molecule has 0 spiro atoms. The molecule has 0 saturated heterocycles. The highest BCUT2D eigenvalue weighted by molar-refractivity contribution is 5.91. The lowest BCUT2D eigenvalue weighted by molar-refractivity contribution is -0.116. The molecule has 1 amide bonds. The van der Waals surface area contributed by atoms with Gasteiger partial charge in [0, 0.05) is 24.2 Å². The molecule has 0 atom stereocenters. The van der Waals surface area contributed by atoms with E-state index in [1.165, 1.54) is 0 Å². The fourth-order valence-electron chi connectivity index (χ4n) is 3.53. The third-order valence-corrected chi connectivity index (χ3v) is 5.15. The van der Waals surface area contributed by atoms with Gasteiger partial charge in [-0.3, -0.25) is 9.36 Å². The van der Waals surface area contributed by atoms with Crippen molar-refractivity contribution in [3.05, 3.63) is 59.1 Å². The average molecular weight is 404 g/mol. The van der Waals surface area contributed by atoms with Crippen LogP contribution < -0.4 is 11.1 Å². The number of carbonyl (C=O) groups is 1. The van der Waals surface area contributed by atoms with Gasteiger partial charge in [-0.05, 0) is 54.0 Å². The lowest BCUT2D eigenvalue weighted by atomic mass is 10.2. The van der Waals surface area contributed by atoms with Gasteiger partial charge in [-0.15, -0.1) is 5.10 Å².